The molecule has 0 saturated carbocycles. The number of anilines is 2. The number of amides is 1. The van der Waals surface area contributed by atoms with Gasteiger partial charge in [0, 0.05) is 13.1 Å². The molecular weight excluding hydrogens is 572 g/mol. The van der Waals surface area contributed by atoms with E-state index in [2.05, 4.69) is 10.3 Å². The number of nitrogen functional groups attached to an aromatic ring is 1. The molecule has 1 aromatic heterocycles. The second-order valence-corrected chi connectivity index (χ2v) is 13.7. The van der Waals surface area contributed by atoms with Gasteiger partial charge >= 0.3 is 0 Å². The van der Waals surface area contributed by atoms with E-state index < -0.39 is 16.1 Å². The molecule has 1 atom stereocenters. The van der Waals surface area contributed by atoms with Crippen LogP contribution < -0.4 is 20.1 Å². The van der Waals surface area contributed by atoms with Gasteiger partial charge in [0.05, 0.1) is 26.9 Å². The van der Waals surface area contributed by atoms with Crippen molar-refractivity contribution in [1.82, 2.24) is 10.3 Å². The number of sulfonamides is 1. The van der Waals surface area contributed by atoms with E-state index in [0.717, 1.165) is 16.7 Å². The second kappa shape index (κ2) is 13.5. The van der Waals surface area contributed by atoms with Crippen molar-refractivity contribution in [3.63, 3.8) is 0 Å². The maximum atomic E-state index is 13.8. The van der Waals surface area contributed by atoms with Crippen molar-refractivity contribution in [2.45, 2.75) is 51.5 Å². The number of aliphatic hydroxyl groups excluding tert-OH is 1. The number of hydrogen-bond donors (Lipinski definition) is 3. The van der Waals surface area contributed by atoms with Crippen molar-refractivity contribution >= 4 is 48.3 Å². The number of thiazole rings is 1. The third-order valence-electron chi connectivity index (χ3n) is 6.75. The van der Waals surface area contributed by atoms with E-state index in [0.29, 0.717) is 46.2 Å². The third-order valence-corrected chi connectivity index (χ3v) is 9.39. The van der Waals surface area contributed by atoms with E-state index in [4.69, 9.17) is 10.5 Å². The maximum Gasteiger partial charge on any atom is 0.264 e. The summed E-state index contributed by atoms with van der Waals surface area (Å²) in [6.45, 7) is 8.04. The Bertz CT molecular complexity index is 1630. The highest BCUT2D eigenvalue weighted by Crippen LogP contribution is 2.31. The Morgan fingerprint density at radius 3 is 2.52 bits per heavy atom. The standard InChI is InChI=1S/C31H38N4O5S2/c1-20(2)18-35(42(38,39)26-13-14-27-28(16-26)41-31(32)34-27)24-10-6-9-23(15-24)11-12-25(36)17-33-29(37)19-40-30-21(3)7-5-8-22(30)4/h5-10,13-16,20,25,36H,11-12,17-19H2,1-4H3,(H2,32,34)(H,33,37). The molecule has 0 saturated heterocycles. The van der Waals surface area contributed by atoms with E-state index in [9.17, 15) is 18.3 Å². The van der Waals surface area contributed by atoms with E-state index in [-0.39, 0.29) is 29.9 Å². The first-order valence-corrected chi connectivity index (χ1v) is 16.1. The zero-order valence-corrected chi connectivity index (χ0v) is 26.0. The Morgan fingerprint density at radius 2 is 1.81 bits per heavy atom. The van der Waals surface area contributed by atoms with Crippen molar-refractivity contribution < 1.29 is 23.1 Å². The summed E-state index contributed by atoms with van der Waals surface area (Å²) in [5.41, 5.74) is 9.82. The monoisotopic (exact) mass is 610 g/mol. The number of benzene rings is 3. The molecule has 4 aromatic rings. The van der Waals surface area contributed by atoms with Gasteiger partial charge in [-0.2, -0.15) is 0 Å². The van der Waals surface area contributed by atoms with Crippen LogP contribution in [-0.4, -0.2) is 50.2 Å². The quantitative estimate of drug-likeness (QED) is 0.197. The van der Waals surface area contributed by atoms with Crippen molar-refractivity contribution in [2.75, 3.05) is 29.7 Å². The minimum Gasteiger partial charge on any atom is -0.483 e. The molecule has 42 heavy (non-hydrogen) atoms. The molecule has 0 aliphatic carbocycles. The first-order valence-electron chi connectivity index (χ1n) is 13.9. The number of rotatable bonds is 13. The van der Waals surface area contributed by atoms with Crippen LogP contribution >= 0.6 is 11.3 Å². The number of fused-ring (bicyclic) bond motifs is 1. The lowest BCUT2D eigenvalue weighted by atomic mass is 10.1. The minimum absolute atomic E-state index is 0.0790. The van der Waals surface area contributed by atoms with Crippen LogP contribution in [0.15, 0.2) is 65.6 Å². The van der Waals surface area contributed by atoms with Gasteiger partial charge in [0.2, 0.25) is 0 Å². The highest BCUT2D eigenvalue weighted by atomic mass is 32.2. The predicted octanol–water partition coefficient (Wildman–Crippen LogP) is 4.84. The summed E-state index contributed by atoms with van der Waals surface area (Å²) in [6, 6.07) is 18.0. The van der Waals surface area contributed by atoms with Gasteiger partial charge in [-0.05, 0) is 79.6 Å². The van der Waals surface area contributed by atoms with Crippen molar-refractivity contribution in [1.29, 1.82) is 0 Å². The van der Waals surface area contributed by atoms with Gasteiger partial charge in [0.25, 0.3) is 15.9 Å². The summed E-state index contributed by atoms with van der Waals surface area (Å²) in [5, 5.41) is 13.6. The first-order chi connectivity index (χ1) is 19.9. The molecule has 3 aromatic carbocycles. The summed E-state index contributed by atoms with van der Waals surface area (Å²) in [4.78, 5) is 16.7. The van der Waals surface area contributed by atoms with Crippen LogP contribution in [0.5, 0.6) is 5.75 Å². The Kier molecular flexibility index (Phi) is 10.1. The van der Waals surface area contributed by atoms with Crippen molar-refractivity contribution in [3.05, 3.63) is 77.4 Å². The molecule has 0 bridgehead atoms. The number of nitrogens with two attached hydrogens (primary N) is 1. The zero-order valence-electron chi connectivity index (χ0n) is 24.3. The topological polar surface area (TPSA) is 135 Å². The SMILES string of the molecule is Cc1cccc(C)c1OCC(=O)NCC(O)CCc1cccc(N(CC(C)C)S(=O)(=O)c2ccc3nc(N)sc3c2)c1. The number of carbonyl (C=O) groups excluding carboxylic acids is 1. The number of aryl methyl sites for hydroxylation is 3. The normalized spacial score (nSPS) is 12.4. The summed E-state index contributed by atoms with van der Waals surface area (Å²) in [5.74, 6) is 0.457. The van der Waals surface area contributed by atoms with E-state index in [1.807, 2.05) is 64.1 Å². The molecule has 0 aliphatic rings. The van der Waals surface area contributed by atoms with Crippen LogP contribution in [-0.2, 0) is 21.2 Å². The highest BCUT2D eigenvalue weighted by Gasteiger charge is 2.26. The second-order valence-electron chi connectivity index (χ2n) is 10.8. The summed E-state index contributed by atoms with van der Waals surface area (Å²) < 4.78 is 35.5. The van der Waals surface area contributed by atoms with Crippen LogP contribution in [0.4, 0.5) is 10.8 Å². The summed E-state index contributed by atoms with van der Waals surface area (Å²) in [6.07, 6.45) is 0.125. The Hall–Kier alpha value is -3.67. The molecule has 11 heteroatoms. The summed E-state index contributed by atoms with van der Waals surface area (Å²) in [7, 11) is -3.87. The van der Waals surface area contributed by atoms with Crippen LogP contribution in [0.2, 0.25) is 0 Å². The molecule has 0 radical (unpaired) electrons. The molecule has 4 rings (SSSR count). The number of nitrogens with one attached hydrogen (secondary N) is 1. The van der Waals surface area contributed by atoms with Gasteiger partial charge in [0.15, 0.2) is 11.7 Å². The highest BCUT2D eigenvalue weighted by molar-refractivity contribution is 7.92. The van der Waals surface area contributed by atoms with Crippen LogP contribution in [0.25, 0.3) is 10.2 Å². The number of para-hydroxylation sites is 1. The van der Waals surface area contributed by atoms with Gasteiger partial charge in [-0.1, -0.05) is 55.5 Å². The molecule has 0 spiro atoms. The number of carbonyl (C=O) groups is 1. The Morgan fingerprint density at radius 1 is 1.10 bits per heavy atom. The maximum absolute atomic E-state index is 13.8. The zero-order chi connectivity index (χ0) is 30.4. The number of ether oxygens (including phenoxy) is 1. The first kappa shape index (κ1) is 31.3. The van der Waals surface area contributed by atoms with Gasteiger partial charge in [-0.3, -0.25) is 9.10 Å². The molecule has 0 fully saturated rings. The fourth-order valence-electron chi connectivity index (χ4n) is 4.63. The molecule has 0 aliphatic heterocycles. The molecule has 1 heterocycles. The van der Waals surface area contributed by atoms with Gasteiger partial charge in [0.1, 0.15) is 5.75 Å². The van der Waals surface area contributed by atoms with E-state index in [1.165, 1.54) is 15.6 Å². The van der Waals surface area contributed by atoms with Crippen LogP contribution in [0, 0.1) is 19.8 Å². The molecule has 4 N–H and O–H groups in total. The molecule has 9 nitrogen and oxygen atoms in total. The number of hydrogen-bond acceptors (Lipinski definition) is 8. The third kappa shape index (κ3) is 7.78. The van der Waals surface area contributed by atoms with Crippen LogP contribution in [0.1, 0.15) is 37.0 Å². The largest absolute Gasteiger partial charge is 0.483 e. The number of nitrogens with zero attached hydrogens (tertiary/aromatic N) is 2. The molecule has 224 valence electrons. The average molecular weight is 611 g/mol. The van der Waals surface area contributed by atoms with Gasteiger partial charge < -0.3 is 20.9 Å². The Balaban J connectivity index is 1.38. The number of aliphatic hydroxyl groups is 1. The lowest BCUT2D eigenvalue weighted by Crippen LogP contribution is -2.35. The predicted molar refractivity (Wildman–Crippen MR) is 169 cm³/mol. The van der Waals surface area contributed by atoms with Crippen molar-refractivity contribution in [3.8, 4) is 5.75 Å². The van der Waals surface area contributed by atoms with Gasteiger partial charge in [-0.25, -0.2) is 13.4 Å². The molecular formula is C31H38N4O5S2. The molecule has 1 amide bonds. The number of aromatic nitrogens is 1. The van der Waals surface area contributed by atoms with Gasteiger partial charge in [-0.15, -0.1) is 0 Å². The Labute approximate surface area is 251 Å². The minimum atomic E-state index is -3.87. The smallest absolute Gasteiger partial charge is 0.264 e. The van der Waals surface area contributed by atoms with Crippen LogP contribution in [0.3, 0.4) is 0 Å². The molecule has 1 unspecified atom stereocenters. The van der Waals surface area contributed by atoms with E-state index >= 15 is 0 Å². The lowest BCUT2D eigenvalue weighted by molar-refractivity contribution is -0.123. The van der Waals surface area contributed by atoms with Crippen molar-refractivity contribution in [2.24, 2.45) is 5.92 Å². The van der Waals surface area contributed by atoms with E-state index in [1.54, 1.807) is 24.3 Å². The lowest BCUT2D eigenvalue weighted by Gasteiger charge is -2.27. The fraction of sp³-hybridized carbons (Fsp3) is 0.355. The fourth-order valence-corrected chi connectivity index (χ4v) is 7.13. The summed E-state index contributed by atoms with van der Waals surface area (Å²) >= 11 is 1.25. The average Bonchev–Trinajstić information content (AvgIpc) is 3.32.